The molecule has 0 bridgehead atoms. The van der Waals surface area contributed by atoms with Crippen molar-refractivity contribution >= 4 is 44.9 Å². The fourth-order valence-corrected chi connectivity index (χ4v) is 4.29. The number of hydrogen-bond donors (Lipinski definition) is 0. The second-order valence-electron chi connectivity index (χ2n) is 7.08. The molecular weight excluding hydrogens is 490 g/mol. The Hall–Kier alpha value is -3.03. The summed E-state index contributed by atoms with van der Waals surface area (Å²) >= 11 is 4.36. The summed E-state index contributed by atoms with van der Waals surface area (Å²) < 4.78 is 12.4. The number of rotatable bonds is 7. The third-order valence-corrected chi connectivity index (χ3v) is 6.29. The van der Waals surface area contributed by atoms with E-state index in [0.29, 0.717) is 23.0 Å². The lowest BCUT2D eigenvalue weighted by atomic mass is 10.1. The van der Waals surface area contributed by atoms with Gasteiger partial charge >= 0.3 is 0 Å². The normalized spacial score (nSPS) is 14.8. The molecule has 7 heteroatoms. The number of carbonyl (C=O) groups is 2. The highest BCUT2D eigenvalue weighted by Crippen LogP contribution is 2.35. The van der Waals surface area contributed by atoms with E-state index in [-0.39, 0.29) is 17.7 Å². The summed E-state index contributed by atoms with van der Waals surface area (Å²) in [7, 11) is 1.57. The van der Waals surface area contributed by atoms with Crippen LogP contribution in [0.1, 0.15) is 16.7 Å². The first-order valence-electron chi connectivity index (χ1n) is 9.88. The Morgan fingerprint density at radius 2 is 1.69 bits per heavy atom. The van der Waals surface area contributed by atoms with Gasteiger partial charge in [0.2, 0.25) is 0 Å². The lowest BCUT2D eigenvalue weighted by molar-refractivity contribution is -0.123. The fourth-order valence-electron chi connectivity index (χ4n) is 3.19. The molecule has 3 aromatic rings. The van der Waals surface area contributed by atoms with Crippen LogP contribution in [0.3, 0.4) is 0 Å². The number of amides is 2. The molecule has 0 unspecified atom stereocenters. The first-order chi connectivity index (χ1) is 15.5. The molecule has 0 N–H and O–H groups in total. The summed E-state index contributed by atoms with van der Waals surface area (Å²) in [4.78, 5) is 26.8. The second kappa shape index (κ2) is 10.1. The first-order valence-corrected chi connectivity index (χ1v) is 11.5. The molecule has 4 rings (SSSR count). The smallest absolute Gasteiger partial charge is 0.293 e. The zero-order valence-corrected chi connectivity index (χ0v) is 19.7. The van der Waals surface area contributed by atoms with Gasteiger partial charge in [0, 0.05) is 4.47 Å². The lowest BCUT2D eigenvalue weighted by Crippen LogP contribution is -2.27. The molecule has 0 atom stereocenters. The van der Waals surface area contributed by atoms with Crippen molar-refractivity contribution in [2.45, 2.75) is 13.2 Å². The summed E-state index contributed by atoms with van der Waals surface area (Å²) in [6, 6.07) is 22.8. The van der Waals surface area contributed by atoms with Gasteiger partial charge in [-0.25, -0.2) is 0 Å². The van der Waals surface area contributed by atoms with Gasteiger partial charge < -0.3 is 9.47 Å². The average molecular weight is 510 g/mol. The van der Waals surface area contributed by atoms with Gasteiger partial charge in [0.1, 0.15) is 6.61 Å². The van der Waals surface area contributed by atoms with Crippen LogP contribution in [-0.4, -0.2) is 23.2 Å². The predicted molar refractivity (Wildman–Crippen MR) is 129 cm³/mol. The zero-order valence-electron chi connectivity index (χ0n) is 17.3. The van der Waals surface area contributed by atoms with Crippen LogP contribution >= 0.6 is 27.7 Å². The third-order valence-electron chi connectivity index (χ3n) is 4.85. The van der Waals surface area contributed by atoms with Crippen LogP contribution in [0.15, 0.2) is 82.2 Å². The number of methoxy groups -OCH3 is 1. The Bertz CT molecular complexity index is 1160. The number of nitrogens with zero attached hydrogens (tertiary/aromatic N) is 1. The van der Waals surface area contributed by atoms with E-state index in [1.165, 1.54) is 4.90 Å². The van der Waals surface area contributed by atoms with E-state index in [1.807, 2.05) is 60.7 Å². The minimum atomic E-state index is -0.293. The maximum Gasteiger partial charge on any atom is 0.293 e. The highest BCUT2D eigenvalue weighted by Gasteiger charge is 2.34. The Morgan fingerprint density at radius 3 is 2.41 bits per heavy atom. The highest BCUT2D eigenvalue weighted by molar-refractivity contribution is 9.10. The largest absolute Gasteiger partial charge is 0.493 e. The van der Waals surface area contributed by atoms with E-state index < -0.39 is 0 Å². The molecule has 32 heavy (non-hydrogen) atoms. The van der Waals surface area contributed by atoms with Crippen molar-refractivity contribution in [1.82, 2.24) is 4.90 Å². The number of hydrogen-bond acceptors (Lipinski definition) is 5. The number of thioether (sulfide) groups is 1. The van der Waals surface area contributed by atoms with Crippen LogP contribution in [0.25, 0.3) is 6.08 Å². The summed E-state index contributed by atoms with van der Waals surface area (Å²) in [6.07, 6.45) is 1.71. The molecule has 0 aromatic heterocycles. The molecule has 1 aliphatic heterocycles. The predicted octanol–water partition coefficient (Wildman–Crippen LogP) is 6.27. The average Bonchev–Trinajstić information content (AvgIpc) is 3.07. The quantitative estimate of drug-likeness (QED) is 0.351. The van der Waals surface area contributed by atoms with Crippen molar-refractivity contribution in [2.75, 3.05) is 7.11 Å². The van der Waals surface area contributed by atoms with Crippen LogP contribution < -0.4 is 9.47 Å². The van der Waals surface area contributed by atoms with E-state index in [4.69, 9.17) is 9.47 Å². The number of ether oxygens (including phenoxy) is 2. The van der Waals surface area contributed by atoms with Crippen molar-refractivity contribution < 1.29 is 19.1 Å². The first kappa shape index (κ1) is 22.2. The summed E-state index contributed by atoms with van der Waals surface area (Å²) in [5, 5.41) is -0.272. The minimum Gasteiger partial charge on any atom is -0.493 e. The Labute approximate surface area is 199 Å². The molecular formula is C25H20BrNO4S. The van der Waals surface area contributed by atoms with Gasteiger partial charge in [0.15, 0.2) is 11.5 Å². The van der Waals surface area contributed by atoms with Gasteiger partial charge in [0.25, 0.3) is 11.1 Å². The highest BCUT2D eigenvalue weighted by atomic mass is 79.9. The molecule has 2 amide bonds. The molecule has 3 aromatic carbocycles. The van der Waals surface area contributed by atoms with Crippen LogP contribution in [0.5, 0.6) is 11.5 Å². The van der Waals surface area contributed by atoms with E-state index in [2.05, 4.69) is 15.9 Å². The van der Waals surface area contributed by atoms with Crippen LogP contribution in [0, 0.1) is 0 Å². The topological polar surface area (TPSA) is 55.8 Å². The molecule has 0 saturated carbocycles. The number of imide groups is 1. The van der Waals surface area contributed by atoms with Gasteiger partial charge in [-0.1, -0.05) is 64.5 Å². The monoisotopic (exact) mass is 509 g/mol. The van der Waals surface area contributed by atoms with E-state index in [0.717, 1.165) is 32.9 Å². The van der Waals surface area contributed by atoms with Gasteiger partial charge in [-0.3, -0.25) is 14.5 Å². The van der Waals surface area contributed by atoms with Crippen molar-refractivity contribution in [3.05, 3.63) is 98.9 Å². The van der Waals surface area contributed by atoms with E-state index in [9.17, 15) is 9.59 Å². The minimum absolute atomic E-state index is 0.259. The number of carbonyl (C=O) groups excluding carboxylic acids is 2. The van der Waals surface area contributed by atoms with Gasteiger partial charge in [-0.15, -0.1) is 0 Å². The molecule has 5 nitrogen and oxygen atoms in total. The molecule has 0 radical (unpaired) electrons. The Balaban J connectivity index is 1.48. The third kappa shape index (κ3) is 5.23. The van der Waals surface area contributed by atoms with Crippen LogP contribution in [0.2, 0.25) is 0 Å². The molecule has 0 aliphatic carbocycles. The fraction of sp³-hybridized carbons (Fsp3) is 0.120. The summed E-state index contributed by atoms with van der Waals surface area (Å²) in [5.41, 5.74) is 2.69. The SMILES string of the molecule is COc1cc(/C=C2\SC(=O)N(Cc3ccccc3)C2=O)ccc1OCc1ccc(Br)cc1. The standard InChI is InChI=1S/C25H20BrNO4S/c1-30-22-13-19(9-12-21(22)31-16-18-7-10-20(26)11-8-18)14-23-24(28)27(25(29)32-23)15-17-5-3-2-4-6-17/h2-14H,15-16H2,1H3/b23-14-. The van der Waals surface area contributed by atoms with Crippen molar-refractivity contribution in [2.24, 2.45) is 0 Å². The van der Waals surface area contributed by atoms with Gasteiger partial charge in [-0.05, 0) is 58.8 Å². The number of benzene rings is 3. The number of halogens is 1. The van der Waals surface area contributed by atoms with Crippen molar-refractivity contribution in [3.63, 3.8) is 0 Å². The molecule has 162 valence electrons. The van der Waals surface area contributed by atoms with Crippen molar-refractivity contribution in [1.29, 1.82) is 0 Å². The maximum absolute atomic E-state index is 12.8. The van der Waals surface area contributed by atoms with E-state index >= 15 is 0 Å². The molecule has 1 saturated heterocycles. The molecule has 0 spiro atoms. The zero-order chi connectivity index (χ0) is 22.5. The molecule has 1 aliphatic rings. The van der Waals surface area contributed by atoms with Crippen LogP contribution in [0.4, 0.5) is 4.79 Å². The molecule has 1 heterocycles. The second-order valence-corrected chi connectivity index (χ2v) is 8.99. The Kier molecular flexibility index (Phi) is 6.97. The van der Waals surface area contributed by atoms with Gasteiger partial charge in [0.05, 0.1) is 18.6 Å². The lowest BCUT2D eigenvalue weighted by Gasteiger charge is -2.12. The van der Waals surface area contributed by atoms with E-state index in [1.54, 1.807) is 25.3 Å². The summed E-state index contributed by atoms with van der Waals surface area (Å²) in [5.74, 6) is 0.863. The van der Waals surface area contributed by atoms with Crippen LogP contribution in [-0.2, 0) is 17.9 Å². The molecule has 1 fully saturated rings. The Morgan fingerprint density at radius 1 is 0.938 bits per heavy atom. The maximum atomic E-state index is 12.8. The van der Waals surface area contributed by atoms with Crippen molar-refractivity contribution in [3.8, 4) is 11.5 Å². The summed E-state index contributed by atoms with van der Waals surface area (Å²) in [6.45, 7) is 0.663. The van der Waals surface area contributed by atoms with Gasteiger partial charge in [-0.2, -0.15) is 0 Å².